The van der Waals surface area contributed by atoms with E-state index in [1.165, 1.54) is 4.90 Å². The predicted octanol–water partition coefficient (Wildman–Crippen LogP) is 3.58. The van der Waals surface area contributed by atoms with Crippen LogP contribution in [0, 0.1) is 18.8 Å². The largest absolute Gasteiger partial charge is 0.324 e. The van der Waals surface area contributed by atoms with E-state index in [-0.39, 0.29) is 23.8 Å². The first-order valence-corrected chi connectivity index (χ1v) is 11.6. The van der Waals surface area contributed by atoms with Crippen molar-refractivity contribution >= 4 is 39.9 Å². The third kappa shape index (κ3) is 2.15. The lowest BCUT2D eigenvalue weighted by atomic mass is 9.75. The molecule has 3 amide bonds. The number of rotatable bonds is 1. The molecule has 0 saturated carbocycles. The Balaban J connectivity index is 1.46. The quantitative estimate of drug-likeness (QED) is 0.591. The lowest BCUT2D eigenvalue weighted by molar-refractivity contribution is -0.135. The molecule has 0 aliphatic carbocycles. The molecule has 33 heavy (non-hydrogen) atoms. The highest BCUT2D eigenvalue weighted by atomic mass is 16.2. The Hall–Kier alpha value is -3.51. The fourth-order valence-electron chi connectivity index (χ4n) is 6.96. The van der Waals surface area contributed by atoms with E-state index in [0.717, 1.165) is 40.4 Å². The molecule has 0 unspecified atom stereocenters. The minimum Gasteiger partial charge on any atom is -0.324 e. The van der Waals surface area contributed by atoms with Crippen molar-refractivity contribution in [3.05, 3.63) is 71.8 Å². The normalized spacial score (nSPS) is 30.3. The van der Waals surface area contributed by atoms with Crippen LogP contribution in [-0.2, 0) is 19.9 Å². The molecule has 6 nitrogen and oxygen atoms in total. The topological polar surface area (TPSA) is 69.7 Å². The first-order valence-electron chi connectivity index (χ1n) is 11.6. The van der Waals surface area contributed by atoms with Gasteiger partial charge in [0.1, 0.15) is 5.54 Å². The number of amides is 3. The minimum atomic E-state index is -1.13. The molecule has 3 fully saturated rings. The van der Waals surface area contributed by atoms with Crippen LogP contribution in [0.4, 0.5) is 11.4 Å². The van der Waals surface area contributed by atoms with Crippen molar-refractivity contribution in [2.75, 3.05) is 16.8 Å². The van der Waals surface area contributed by atoms with E-state index in [2.05, 4.69) is 10.2 Å². The summed E-state index contributed by atoms with van der Waals surface area (Å²) in [6.45, 7) is 2.71. The summed E-state index contributed by atoms with van der Waals surface area (Å²) in [7, 11) is 0. The van der Waals surface area contributed by atoms with Gasteiger partial charge in [0.25, 0.3) is 0 Å². The lowest BCUT2D eigenvalue weighted by Crippen LogP contribution is -2.54. The maximum absolute atomic E-state index is 14.2. The monoisotopic (exact) mass is 437 g/mol. The average molecular weight is 437 g/mol. The van der Waals surface area contributed by atoms with E-state index in [1.807, 2.05) is 67.6 Å². The number of benzene rings is 3. The molecule has 3 saturated heterocycles. The number of imide groups is 1. The molecular weight excluding hydrogens is 414 g/mol. The Morgan fingerprint density at radius 2 is 1.79 bits per heavy atom. The fourth-order valence-corrected chi connectivity index (χ4v) is 6.96. The zero-order valence-corrected chi connectivity index (χ0v) is 18.2. The molecule has 7 rings (SSSR count). The molecule has 4 atom stereocenters. The van der Waals surface area contributed by atoms with Gasteiger partial charge in [0, 0.05) is 22.7 Å². The van der Waals surface area contributed by atoms with Gasteiger partial charge in [-0.25, -0.2) is 4.90 Å². The second kappa shape index (κ2) is 6.29. The smallest absolute Gasteiger partial charge is 0.250 e. The van der Waals surface area contributed by atoms with Crippen LogP contribution in [0.3, 0.4) is 0 Å². The van der Waals surface area contributed by atoms with Crippen molar-refractivity contribution < 1.29 is 14.4 Å². The number of aryl methyl sites for hydroxylation is 1. The number of carbonyl (C=O) groups is 3. The second-order valence-electron chi connectivity index (χ2n) is 9.69. The maximum Gasteiger partial charge on any atom is 0.250 e. The van der Waals surface area contributed by atoms with Gasteiger partial charge >= 0.3 is 0 Å². The summed E-state index contributed by atoms with van der Waals surface area (Å²) >= 11 is 0. The van der Waals surface area contributed by atoms with E-state index >= 15 is 0 Å². The summed E-state index contributed by atoms with van der Waals surface area (Å²) in [5.74, 6) is -1.86. The van der Waals surface area contributed by atoms with Gasteiger partial charge in [0.15, 0.2) is 0 Å². The minimum absolute atomic E-state index is 0.108. The van der Waals surface area contributed by atoms with Gasteiger partial charge in [-0.1, -0.05) is 54.1 Å². The Labute approximate surface area is 191 Å². The predicted molar refractivity (Wildman–Crippen MR) is 125 cm³/mol. The molecule has 0 aromatic heterocycles. The molecule has 1 N–H and O–H groups in total. The summed E-state index contributed by atoms with van der Waals surface area (Å²) in [6, 6.07) is 19.3. The molecule has 164 valence electrons. The van der Waals surface area contributed by atoms with Crippen LogP contribution in [0.15, 0.2) is 60.7 Å². The first-order chi connectivity index (χ1) is 16.0. The van der Waals surface area contributed by atoms with Gasteiger partial charge in [-0.05, 0) is 43.8 Å². The van der Waals surface area contributed by atoms with Gasteiger partial charge in [-0.2, -0.15) is 0 Å². The van der Waals surface area contributed by atoms with Crippen LogP contribution in [0.25, 0.3) is 10.8 Å². The van der Waals surface area contributed by atoms with Crippen molar-refractivity contribution in [1.82, 2.24) is 4.90 Å². The molecular formula is C27H23N3O3. The highest BCUT2D eigenvalue weighted by molar-refractivity contribution is 6.28. The maximum atomic E-state index is 14.2. The average Bonchev–Trinajstić information content (AvgIpc) is 3.52. The van der Waals surface area contributed by atoms with Gasteiger partial charge in [-0.3, -0.25) is 19.3 Å². The summed E-state index contributed by atoms with van der Waals surface area (Å²) in [4.78, 5) is 45.4. The molecule has 4 heterocycles. The number of nitrogens with zero attached hydrogens (tertiary/aromatic N) is 2. The molecule has 3 aromatic carbocycles. The van der Waals surface area contributed by atoms with Crippen molar-refractivity contribution in [1.29, 1.82) is 0 Å². The molecule has 1 spiro atoms. The third-order valence-electron chi connectivity index (χ3n) is 8.16. The van der Waals surface area contributed by atoms with Crippen LogP contribution >= 0.6 is 0 Å². The summed E-state index contributed by atoms with van der Waals surface area (Å²) in [5, 5.41) is 4.88. The summed E-state index contributed by atoms with van der Waals surface area (Å²) in [5.41, 5.74) is 2.11. The number of hydrogen-bond donors (Lipinski definition) is 1. The fraction of sp³-hybridized carbons (Fsp3) is 0.296. The van der Waals surface area contributed by atoms with E-state index in [0.29, 0.717) is 12.2 Å². The van der Waals surface area contributed by atoms with Crippen molar-refractivity contribution in [2.45, 2.75) is 31.3 Å². The van der Waals surface area contributed by atoms with Crippen LogP contribution in [0.1, 0.15) is 24.0 Å². The summed E-state index contributed by atoms with van der Waals surface area (Å²) in [6.07, 6.45) is 1.74. The standard InChI is InChI=1S/C27H23N3O3/c1-15-11-12-19-18(14-15)27(26(33)28-19)23-22(21-10-5-13-29(21)27)24(31)30(25(23)32)20-9-4-7-16-6-2-3-8-17(16)20/h2-4,6-9,11-12,14,21-23H,5,10,13H2,1H3,(H,28,33)/t21-,22+,23-,27+/m0/s1. The number of anilines is 2. The number of carbonyl (C=O) groups excluding carboxylic acids is 3. The van der Waals surface area contributed by atoms with Crippen LogP contribution in [-0.4, -0.2) is 35.2 Å². The van der Waals surface area contributed by atoms with E-state index in [9.17, 15) is 14.4 Å². The number of nitrogens with one attached hydrogen (secondary N) is 1. The summed E-state index contributed by atoms with van der Waals surface area (Å²) < 4.78 is 0. The number of hydrogen-bond acceptors (Lipinski definition) is 4. The Kier molecular flexibility index (Phi) is 3.62. The van der Waals surface area contributed by atoms with Gasteiger partial charge in [0.05, 0.1) is 17.5 Å². The van der Waals surface area contributed by atoms with Crippen molar-refractivity contribution in [3.63, 3.8) is 0 Å². The molecule has 0 radical (unpaired) electrons. The molecule has 6 heteroatoms. The van der Waals surface area contributed by atoms with Crippen LogP contribution in [0.5, 0.6) is 0 Å². The van der Waals surface area contributed by atoms with Crippen LogP contribution in [0.2, 0.25) is 0 Å². The first kappa shape index (κ1) is 19.0. The molecule has 4 aliphatic rings. The van der Waals surface area contributed by atoms with E-state index < -0.39 is 17.4 Å². The molecule has 3 aromatic rings. The van der Waals surface area contributed by atoms with Crippen molar-refractivity contribution in [3.8, 4) is 0 Å². The second-order valence-corrected chi connectivity index (χ2v) is 9.69. The Bertz CT molecular complexity index is 1390. The highest BCUT2D eigenvalue weighted by Gasteiger charge is 2.74. The zero-order chi connectivity index (χ0) is 22.5. The Morgan fingerprint density at radius 3 is 2.67 bits per heavy atom. The van der Waals surface area contributed by atoms with E-state index in [1.54, 1.807) is 0 Å². The molecule has 4 aliphatic heterocycles. The van der Waals surface area contributed by atoms with Crippen LogP contribution < -0.4 is 10.2 Å². The molecule has 0 bridgehead atoms. The van der Waals surface area contributed by atoms with Gasteiger partial charge in [0.2, 0.25) is 17.7 Å². The highest BCUT2D eigenvalue weighted by Crippen LogP contribution is 2.61. The SMILES string of the molecule is Cc1ccc2c(c1)[C@]1(C(=O)N2)[C@@H]2C(=O)N(c3cccc4ccccc34)C(=O)[C@@H]2[C@@H]2CCCN21. The van der Waals surface area contributed by atoms with Gasteiger partial charge < -0.3 is 5.32 Å². The van der Waals surface area contributed by atoms with Gasteiger partial charge in [-0.15, -0.1) is 0 Å². The van der Waals surface area contributed by atoms with E-state index in [4.69, 9.17) is 0 Å². The Morgan fingerprint density at radius 1 is 0.970 bits per heavy atom. The zero-order valence-electron chi connectivity index (χ0n) is 18.2. The van der Waals surface area contributed by atoms with Crippen molar-refractivity contribution in [2.24, 2.45) is 11.8 Å². The number of fused-ring (bicyclic) bond motifs is 8. The lowest BCUT2D eigenvalue weighted by Gasteiger charge is -2.36. The third-order valence-corrected chi connectivity index (χ3v) is 8.16.